The highest BCUT2D eigenvalue weighted by Gasteiger charge is 2.26. The van der Waals surface area contributed by atoms with Crippen LogP contribution in [0.25, 0.3) is 0 Å². The van der Waals surface area contributed by atoms with Gasteiger partial charge in [0.05, 0.1) is 11.5 Å². The molecule has 1 heterocycles. The first kappa shape index (κ1) is 19.7. The van der Waals surface area contributed by atoms with Gasteiger partial charge in [0, 0.05) is 37.8 Å². The number of anilines is 1. The van der Waals surface area contributed by atoms with Crippen LogP contribution in [0.4, 0.5) is 11.4 Å². The van der Waals surface area contributed by atoms with Crippen LogP contribution in [-0.4, -0.2) is 48.5 Å². The summed E-state index contributed by atoms with van der Waals surface area (Å²) in [5.41, 5.74) is 1.29. The third-order valence-electron chi connectivity index (χ3n) is 4.65. The Morgan fingerprint density at radius 1 is 1.11 bits per heavy atom. The van der Waals surface area contributed by atoms with Crippen molar-refractivity contribution in [2.45, 2.75) is 13.8 Å². The molecule has 1 aliphatic rings. The van der Waals surface area contributed by atoms with Crippen LogP contribution >= 0.6 is 0 Å². The maximum absolute atomic E-state index is 12.9. The Bertz CT molecular complexity index is 845. The summed E-state index contributed by atoms with van der Waals surface area (Å²) in [7, 11) is 0. The molecule has 1 amide bonds. The van der Waals surface area contributed by atoms with E-state index >= 15 is 0 Å². The molecule has 1 aliphatic heterocycles. The second kappa shape index (κ2) is 8.73. The molecule has 7 heteroatoms. The van der Waals surface area contributed by atoms with Crippen LogP contribution in [0.1, 0.15) is 24.2 Å². The molecular weight excluding hydrogens is 358 g/mol. The zero-order valence-corrected chi connectivity index (χ0v) is 16.2. The number of hydrogen-bond acceptors (Lipinski definition) is 5. The molecule has 0 atom stereocenters. The lowest BCUT2D eigenvalue weighted by molar-refractivity contribution is -0.384. The summed E-state index contributed by atoms with van der Waals surface area (Å²) in [6.07, 6.45) is 0. The van der Waals surface area contributed by atoms with Gasteiger partial charge in [0.2, 0.25) is 0 Å². The minimum Gasteiger partial charge on any atom is -0.493 e. The fraction of sp³-hybridized carbons (Fsp3) is 0.381. The molecule has 28 heavy (non-hydrogen) atoms. The van der Waals surface area contributed by atoms with Crippen molar-refractivity contribution in [2.24, 2.45) is 5.92 Å². The Balaban J connectivity index is 1.64. The molecule has 0 unspecified atom stereocenters. The molecule has 0 bridgehead atoms. The van der Waals surface area contributed by atoms with Gasteiger partial charge in [-0.25, -0.2) is 0 Å². The van der Waals surface area contributed by atoms with Crippen LogP contribution in [0.5, 0.6) is 5.75 Å². The summed E-state index contributed by atoms with van der Waals surface area (Å²) >= 11 is 0. The maximum Gasteiger partial charge on any atom is 0.292 e. The number of para-hydroxylation sites is 2. The standard InChI is InChI=1S/C21H25N3O4/c1-16(2)15-28-18-7-5-6-17(14-18)21(25)23-12-10-22(11-13-23)19-8-3-4-9-20(19)24(26)27/h3-9,14,16H,10-13,15H2,1-2H3. The summed E-state index contributed by atoms with van der Waals surface area (Å²) in [6, 6.07) is 14.0. The van der Waals surface area contributed by atoms with Gasteiger partial charge in [0.25, 0.3) is 11.6 Å². The lowest BCUT2D eigenvalue weighted by atomic mass is 10.1. The summed E-state index contributed by atoms with van der Waals surface area (Å²) in [6.45, 7) is 6.90. The van der Waals surface area contributed by atoms with Crippen LogP contribution in [0.2, 0.25) is 0 Å². The van der Waals surface area contributed by atoms with Gasteiger partial charge in [0.15, 0.2) is 0 Å². The van der Waals surface area contributed by atoms with Crippen LogP contribution in [0, 0.1) is 16.0 Å². The Kier molecular flexibility index (Phi) is 6.13. The molecular formula is C21H25N3O4. The van der Waals surface area contributed by atoms with Gasteiger partial charge in [0.1, 0.15) is 11.4 Å². The Labute approximate surface area is 164 Å². The predicted molar refractivity (Wildman–Crippen MR) is 108 cm³/mol. The SMILES string of the molecule is CC(C)COc1cccc(C(=O)N2CCN(c3ccccc3[N+](=O)[O-])CC2)c1. The number of carbonyl (C=O) groups is 1. The molecule has 2 aromatic carbocycles. The number of benzene rings is 2. The van der Waals surface area contributed by atoms with Gasteiger partial charge < -0.3 is 14.5 Å². The fourth-order valence-corrected chi connectivity index (χ4v) is 3.20. The summed E-state index contributed by atoms with van der Waals surface area (Å²) in [4.78, 5) is 27.5. The smallest absolute Gasteiger partial charge is 0.292 e. The largest absolute Gasteiger partial charge is 0.493 e. The van der Waals surface area contributed by atoms with Crippen LogP contribution in [-0.2, 0) is 0 Å². The first-order valence-corrected chi connectivity index (χ1v) is 9.46. The number of nitro groups is 1. The normalized spacial score (nSPS) is 14.2. The Morgan fingerprint density at radius 2 is 1.82 bits per heavy atom. The van der Waals surface area contributed by atoms with E-state index in [-0.39, 0.29) is 16.5 Å². The van der Waals surface area contributed by atoms with Crippen LogP contribution in [0.15, 0.2) is 48.5 Å². The highest BCUT2D eigenvalue weighted by atomic mass is 16.6. The fourth-order valence-electron chi connectivity index (χ4n) is 3.20. The van der Waals surface area contributed by atoms with Gasteiger partial charge >= 0.3 is 0 Å². The molecule has 0 aliphatic carbocycles. The van der Waals surface area contributed by atoms with E-state index in [1.165, 1.54) is 6.07 Å². The van der Waals surface area contributed by atoms with Gasteiger partial charge in [-0.3, -0.25) is 14.9 Å². The van der Waals surface area contributed by atoms with Crippen molar-refractivity contribution in [2.75, 3.05) is 37.7 Å². The minimum atomic E-state index is -0.366. The van der Waals surface area contributed by atoms with E-state index in [0.29, 0.717) is 55.7 Å². The molecule has 7 nitrogen and oxygen atoms in total. The highest BCUT2D eigenvalue weighted by Crippen LogP contribution is 2.28. The highest BCUT2D eigenvalue weighted by molar-refractivity contribution is 5.94. The van der Waals surface area contributed by atoms with E-state index < -0.39 is 0 Å². The monoisotopic (exact) mass is 383 g/mol. The zero-order chi connectivity index (χ0) is 20.1. The van der Waals surface area contributed by atoms with E-state index in [0.717, 1.165) is 0 Å². The number of piperazine rings is 1. The first-order valence-electron chi connectivity index (χ1n) is 9.46. The van der Waals surface area contributed by atoms with Gasteiger partial charge in [-0.1, -0.05) is 32.0 Å². The van der Waals surface area contributed by atoms with Crippen molar-refractivity contribution >= 4 is 17.3 Å². The van der Waals surface area contributed by atoms with Gasteiger partial charge in [-0.05, 0) is 30.2 Å². The summed E-state index contributed by atoms with van der Waals surface area (Å²) in [5.74, 6) is 1.06. The molecule has 0 radical (unpaired) electrons. The molecule has 0 saturated carbocycles. The number of amides is 1. The third kappa shape index (κ3) is 4.60. The molecule has 2 aromatic rings. The van der Waals surface area contributed by atoms with E-state index in [4.69, 9.17) is 4.74 Å². The number of ether oxygens (including phenoxy) is 1. The van der Waals surface area contributed by atoms with Gasteiger partial charge in [-0.15, -0.1) is 0 Å². The average molecular weight is 383 g/mol. The molecule has 0 N–H and O–H groups in total. The van der Waals surface area contributed by atoms with Crippen molar-refractivity contribution in [1.29, 1.82) is 0 Å². The topological polar surface area (TPSA) is 75.9 Å². The molecule has 1 saturated heterocycles. The molecule has 148 valence electrons. The van der Waals surface area contributed by atoms with Crippen molar-refractivity contribution in [1.82, 2.24) is 4.90 Å². The van der Waals surface area contributed by atoms with Crippen LogP contribution in [0.3, 0.4) is 0 Å². The van der Waals surface area contributed by atoms with E-state index in [1.807, 2.05) is 17.0 Å². The van der Waals surface area contributed by atoms with Crippen molar-refractivity contribution in [3.63, 3.8) is 0 Å². The lowest BCUT2D eigenvalue weighted by Crippen LogP contribution is -2.48. The van der Waals surface area contributed by atoms with Crippen molar-refractivity contribution < 1.29 is 14.5 Å². The number of rotatable bonds is 6. The molecule has 0 aromatic heterocycles. The second-order valence-corrected chi connectivity index (χ2v) is 7.26. The van der Waals surface area contributed by atoms with E-state index in [9.17, 15) is 14.9 Å². The first-order chi connectivity index (χ1) is 13.5. The molecule has 0 spiro atoms. The number of nitrogens with zero attached hydrogens (tertiary/aromatic N) is 3. The van der Waals surface area contributed by atoms with Crippen LogP contribution < -0.4 is 9.64 Å². The average Bonchev–Trinajstić information content (AvgIpc) is 2.72. The van der Waals surface area contributed by atoms with E-state index in [1.54, 1.807) is 35.2 Å². The quantitative estimate of drug-likeness (QED) is 0.563. The summed E-state index contributed by atoms with van der Waals surface area (Å²) < 4.78 is 5.71. The molecule has 1 fully saturated rings. The van der Waals surface area contributed by atoms with E-state index in [2.05, 4.69) is 13.8 Å². The van der Waals surface area contributed by atoms with Gasteiger partial charge in [-0.2, -0.15) is 0 Å². The predicted octanol–water partition coefficient (Wildman–Crippen LogP) is 3.59. The number of nitro benzene ring substituents is 1. The Morgan fingerprint density at radius 3 is 2.50 bits per heavy atom. The molecule has 3 rings (SSSR count). The Hall–Kier alpha value is -3.09. The number of carbonyl (C=O) groups excluding carboxylic acids is 1. The second-order valence-electron chi connectivity index (χ2n) is 7.26. The zero-order valence-electron chi connectivity index (χ0n) is 16.2. The van der Waals surface area contributed by atoms with Crippen molar-refractivity contribution in [3.8, 4) is 5.75 Å². The summed E-state index contributed by atoms with van der Waals surface area (Å²) in [5, 5.41) is 11.3. The van der Waals surface area contributed by atoms with Crippen molar-refractivity contribution in [3.05, 3.63) is 64.2 Å². The lowest BCUT2D eigenvalue weighted by Gasteiger charge is -2.35. The maximum atomic E-state index is 12.9. The third-order valence-corrected chi connectivity index (χ3v) is 4.65. The minimum absolute atomic E-state index is 0.0443. The number of hydrogen-bond donors (Lipinski definition) is 0.